The highest BCUT2D eigenvalue weighted by Gasteiger charge is 2.33. The Morgan fingerprint density at radius 3 is 2.17 bits per heavy atom. The minimum atomic E-state index is 0.319. The first-order valence-corrected chi connectivity index (χ1v) is 5.14. The van der Waals surface area contributed by atoms with E-state index in [1.807, 2.05) is 6.92 Å². The molecule has 0 aromatic rings. The lowest BCUT2D eigenvalue weighted by atomic mass is 10.3. The van der Waals surface area contributed by atoms with E-state index in [9.17, 15) is 0 Å². The van der Waals surface area contributed by atoms with E-state index in [1.165, 1.54) is 12.8 Å². The number of rotatable bonds is 4. The van der Waals surface area contributed by atoms with E-state index in [0.717, 1.165) is 24.9 Å². The number of aliphatic hydroxyl groups is 1. The third kappa shape index (κ3) is 5.56. The summed E-state index contributed by atoms with van der Waals surface area (Å²) in [6, 6.07) is 0.880. The van der Waals surface area contributed by atoms with Gasteiger partial charge in [-0.1, -0.05) is 27.2 Å². The second-order valence-electron chi connectivity index (χ2n) is 3.29. The van der Waals surface area contributed by atoms with Crippen molar-refractivity contribution >= 4 is 0 Å². The molecule has 1 aliphatic rings. The molecule has 1 saturated carbocycles. The summed E-state index contributed by atoms with van der Waals surface area (Å²) in [7, 11) is 0. The van der Waals surface area contributed by atoms with Crippen LogP contribution in [-0.2, 0) is 0 Å². The molecular weight excluding hydrogens is 150 g/mol. The smallest absolute Gasteiger partial charge is 0.0428 e. The highest BCUT2D eigenvalue weighted by atomic mass is 16.2. The van der Waals surface area contributed by atoms with Gasteiger partial charge in [0.05, 0.1) is 0 Å². The molecule has 2 atom stereocenters. The summed E-state index contributed by atoms with van der Waals surface area (Å²) in [6.45, 7) is 7.83. The van der Waals surface area contributed by atoms with Gasteiger partial charge in [-0.3, -0.25) is 0 Å². The van der Waals surface area contributed by atoms with Crippen molar-refractivity contribution < 1.29 is 5.11 Å². The topological polar surface area (TPSA) is 32.3 Å². The van der Waals surface area contributed by atoms with Crippen molar-refractivity contribution in [3.05, 3.63) is 0 Å². The molecule has 1 fully saturated rings. The van der Waals surface area contributed by atoms with Crippen LogP contribution in [0.3, 0.4) is 0 Å². The van der Waals surface area contributed by atoms with Crippen LogP contribution in [0.5, 0.6) is 0 Å². The maximum Gasteiger partial charge on any atom is 0.0428 e. The summed E-state index contributed by atoms with van der Waals surface area (Å²) < 4.78 is 0. The highest BCUT2D eigenvalue weighted by Crippen LogP contribution is 2.32. The number of nitrogens with one attached hydrogen (secondary N) is 1. The van der Waals surface area contributed by atoms with Gasteiger partial charge in [-0.05, 0) is 25.3 Å². The van der Waals surface area contributed by atoms with Gasteiger partial charge in [0.15, 0.2) is 0 Å². The molecule has 2 N–H and O–H groups in total. The normalized spacial score (nSPS) is 26.0. The SMILES string of the molecule is CCCO.CCNC1CC1CC. The Labute approximate surface area is 76.4 Å². The molecule has 0 saturated heterocycles. The van der Waals surface area contributed by atoms with E-state index in [4.69, 9.17) is 5.11 Å². The van der Waals surface area contributed by atoms with Crippen LogP contribution in [0.1, 0.15) is 40.0 Å². The van der Waals surface area contributed by atoms with Crippen molar-refractivity contribution in [2.75, 3.05) is 13.2 Å². The Balaban J connectivity index is 0.000000261. The number of hydrogen-bond donors (Lipinski definition) is 2. The van der Waals surface area contributed by atoms with Gasteiger partial charge in [0.25, 0.3) is 0 Å². The summed E-state index contributed by atoms with van der Waals surface area (Å²) >= 11 is 0. The van der Waals surface area contributed by atoms with Crippen LogP contribution < -0.4 is 5.32 Å². The Morgan fingerprint density at radius 2 is 1.92 bits per heavy atom. The summed E-state index contributed by atoms with van der Waals surface area (Å²) in [4.78, 5) is 0. The third-order valence-electron chi connectivity index (χ3n) is 2.14. The first kappa shape index (κ1) is 11.9. The molecular formula is C10H23NO. The van der Waals surface area contributed by atoms with Gasteiger partial charge in [0, 0.05) is 12.6 Å². The summed E-state index contributed by atoms with van der Waals surface area (Å²) in [5, 5.41) is 11.3. The summed E-state index contributed by atoms with van der Waals surface area (Å²) in [5.74, 6) is 1.01. The second-order valence-corrected chi connectivity index (χ2v) is 3.29. The lowest BCUT2D eigenvalue weighted by Gasteiger charge is -1.94. The van der Waals surface area contributed by atoms with E-state index in [2.05, 4.69) is 19.2 Å². The summed E-state index contributed by atoms with van der Waals surface area (Å²) in [6.07, 6.45) is 3.65. The second kappa shape index (κ2) is 7.56. The van der Waals surface area contributed by atoms with E-state index >= 15 is 0 Å². The van der Waals surface area contributed by atoms with E-state index in [-0.39, 0.29) is 0 Å². The minimum absolute atomic E-state index is 0.319. The molecule has 0 radical (unpaired) electrons. The molecule has 0 bridgehead atoms. The maximum absolute atomic E-state index is 7.88. The van der Waals surface area contributed by atoms with Crippen LogP contribution in [0.15, 0.2) is 0 Å². The van der Waals surface area contributed by atoms with Gasteiger partial charge in [-0.2, -0.15) is 0 Å². The Bertz CT molecular complexity index is 93.8. The zero-order valence-electron chi connectivity index (χ0n) is 8.64. The average Bonchev–Trinajstić information content (AvgIpc) is 2.85. The molecule has 1 aliphatic carbocycles. The standard InChI is InChI=1S/C7H15N.C3H8O/c1-3-6-5-7(6)8-4-2;1-2-3-4/h6-8H,3-5H2,1-2H3;4H,2-3H2,1H3. The Kier molecular flexibility index (Phi) is 7.51. The van der Waals surface area contributed by atoms with Gasteiger partial charge < -0.3 is 10.4 Å². The molecule has 74 valence electrons. The molecule has 0 aliphatic heterocycles. The van der Waals surface area contributed by atoms with Crippen molar-refractivity contribution in [2.24, 2.45) is 5.92 Å². The summed E-state index contributed by atoms with van der Waals surface area (Å²) in [5.41, 5.74) is 0. The van der Waals surface area contributed by atoms with Crippen molar-refractivity contribution in [1.82, 2.24) is 5.32 Å². The predicted molar refractivity (Wildman–Crippen MR) is 53.2 cm³/mol. The van der Waals surface area contributed by atoms with Crippen LogP contribution in [0, 0.1) is 5.92 Å². The van der Waals surface area contributed by atoms with Crippen molar-refractivity contribution in [1.29, 1.82) is 0 Å². The Hall–Kier alpha value is -0.0800. The number of hydrogen-bond acceptors (Lipinski definition) is 2. The molecule has 0 aromatic heterocycles. The molecule has 2 unspecified atom stereocenters. The van der Waals surface area contributed by atoms with Gasteiger partial charge in [0.2, 0.25) is 0 Å². The lowest BCUT2D eigenvalue weighted by Crippen LogP contribution is -2.16. The predicted octanol–water partition coefficient (Wildman–Crippen LogP) is 1.78. The van der Waals surface area contributed by atoms with Gasteiger partial charge >= 0.3 is 0 Å². The Morgan fingerprint density at radius 1 is 1.33 bits per heavy atom. The minimum Gasteiger partial charge on any atom is -0.396 e. The van der Waals surface area contributed by atoms with E-state index in [0.29, 0.717) is 6.61 Å². The van der Waals surface area contributed by atoms with Crippen LogP contribution in [0.4, 0.5) is 0 Å². The van der Waals surface area contributed by atoms with E-state index in [1.54, 1.807) is 0 Å². The molecule has 0 aromatic carbocycles. The fraction of sp³-hybridized carbons (Fsp3) is 1.00. The van der Waals surface area contributed by atoms with E-state index < -0.39 is 0 Å². The first-order valence-electron chi connectivity index (χ1n) is 5.14. The third-order valence-corrected chi connectivity index (χ3v) is 2.14. The zero-order chi connectivity index (χ0) is 9.40. The molecule has 0 amide bonds. The monoisotopic (exact) mass is 173 g/mol. The quantitative estimate of drug-likeness (QED) is 0.679. The average molecular weight is 173 g/mol. The molecule has 1 rings (SSSR count). The van der Waals surface area contributed by atoms with Crippen LogP contribution in [0.25, 0.3) is 0 Å². The molecule has 0 heterocycles. The van der Waals surface area contributed by atoms with Gasteiger partial charge in [-0.15, -0.1) is 0 Å². The highest BCUT2D eigenvalue weighted by molar-refractivity contribution is 4.91. The van der Waals surface area contributed by atoms with Gasteiger partial charge in [0.1, 0.15) is 0 Å². The maximum atomic E-state index is 7.88. The number of aliphatic hydroxyl groups excluding tert-OH is 1. The molecule has 2 nitrogen and oxygen atoms in total. The first-order chi connectivity index (χ1) is 5.79. The molecule has 2 heteroatoms. The van der Waals surface area contributed by atoms with Crippen LogP contribution in [-0.4, -0.2) is 24.3 Å². The van der Waals surface area contributed by atoms with Crippen molar-refractivity contribution in [3.63, 3.8) is 0 Å². The molecule has 12 heavy (non-hydrogen) atoms. The van der Waals surface area contributed by atoms with Crippen molar-refractivity contribution in [2.45, 2.75) is 46.1 Å². The van der Waals surface area contributed by atoms with Gasteiger partial charge in [-0.25, -0.2) is 0 Å². The fourth-order valence-corrected chi connectivity index (χ4v) is 1.21. The fourth-order valence-electron chi connectivity index (χ4n) is 1.21. The van der Waals surface area contributed by atoms with Crippen LogP contribution >= 0.6 is 0 Å². The zero-order valence-corrected chi connectivity index (χ0v) is 8.64. The van der Waals surface area contributed by atoms with Crippen molar-refractivity contribution in [3.8, 4) is 0 Å². The largest absolute Gasteiger partial charge is 0.396 e. The molecule has 0 spiro atoms. The lowest BCUT2D eigenvalue weighted by molar-refractivity contribution is 0.295. The van der Waals surface area contributed by atoms with Crippen LogP contribution in [0.2, 0.25) is 0 Å².